The van der Waals surface area contributed by atoms with Crippen LogP contribution in [0.25, 0.3) is 0 Å². The molecule has 0 radical (unpaired) electrons. The van der Waals surface area contributed by atoms with E-state index in [-0.39, 0.29) is 0 Å². The highest BCUT2D eigenvalue weighted by Gasteiger charge is 1.98. The third-order valence-electron chi connectivity index (χ3n) is 1.04. The molecule has 0 fully saturated rings. The van der Waals surface area contributed by atoms with Crippen LogP contribution in [-0.4, -0.2) is 32.5 Å². The molecule has 0 heterocycles. The molecule has 0 aromatic heterocycles. The number of hydrogen-bond acceptors (Lipinski definition) is 4. The molecule has 0 spiro atoms. The summed E-state index contributed by atoms with van der Waals surface area (Å²) in [5.74, 6) is 0. The van der Waals surface area contributed by atoms with Gasteiger partial charge in [0.1, 0.15) is 6.61 Å². The number of carbonyl (C=O) groups is 1. The molecule has 0 unspecified atom stereocenters. The van der Waals surface area contributed by atoms with Crippen molar-refractivity contribution in [2.45, 2.75) is 19.9 Å². The summed E-state index contributed by atoms with van der Waals surface area (Å²) in [4.78, 5) is 10.4. The molecule has 0 saturated carbocycles. The minimum Gasteiger partial charge on any atom is -0.438 e. The van der Waals surface area contributed by atoms with Gasteiger partial charge in [-0.3, -0.25) is 0 Å². The summed E-state index contributed by atoms with van der Waals surface area (Å²) in [7, 11) is 1.29. The smallest absolute Gasteiger partial charge is 0.438 e. The fraction of sp³-hybridized carbons (Fsp3) is 0.857. The summed E-state index contributed by atoms with van der Waals surface area (Å²) in [6.07, 6.45) is -0.629. The predicted octanol–water partition coefficient (Wildman–Crippen LogP) is 0.767. The highest BCUT2D eigenvalue weighted by molar-refractivity contribution is 5.59. The summed E-state index contributed by atoms with van der Waals surface area (Å²) in [5, 5.41) is 3.09. The minimum atomic E-state index is -0.629. The Morgan fingerprint density at radius 3 is 2.64 bits per heavy atom. The molecule has 66 valence electrons. The number of ether oxygens (including phenoxy) is 2. The number of methoxy groups -OCH3 is 1. The van der Waals surface area contributed by atoms with E-state index in [4.69, 9.17) is 0 Å². The van der Waals surface area contributed by atoms with E-state index in [1.54, 1.807) is 0 Å². The molecule has 0 aromatic carbocycles. The molecule has 0 rings (SSSR count). The Kier molecular flexibility index (Phi) is 5.56. The van der Waals surface area contributed by atoms with Crippen LogP contribution in [-0.2, 0) is 9.47 Å². The summed E-state index contributed by atoms with van der Waals surface area (Å²) in [6.45, 7) is 5.06. The van der Waals surface area contributed by atoms with Gasteiger partial charge in [0.15, 0.2) is 0 Å². The molecule has 0 bridgehead atoms. The quantitative estimate of drug-likeness (QED) is 0.488. The van der Waals surface area contributed by atoms with E-state index >= 15 is 0 Å². The molecule has 0 amide bonds. The zero-order chi connectivity index (χ0) is 8.69. The van der Waals surface area contributed by atoms with Crippen LogP contribution >= 0.6 is 0 Å². The maximum Gasteiger partial charge on any atom is 0.508 e. The van der Waals surface area contributed by atoms with Crippen LogP contribution in [0.1, 0.15) is 13.8 Å². The van der Waals surface area contributed by atoms with Crippen molar-refractivity contribution in [1.29, 1.82) is 0 Å². The van der Waals surface area contributed by atoms with Gasteiger partial charge in [0.2, 0.25) is 0 Å². The van der Waals surface area contributed by atoms with E-state index < -0.39 is 6.16 Å². The average molecular weight is 161 g/mol. The monoisotopic (exact) mass is 161 g/mol. The second-order valence-electron chi connectivity index (χ2n) is 2.41. The van der Waals surface area contributed by atoms with Crippen LogP contribution < -0.4 is 5.32 Å². The van der Waals surface area contributed by atoms with Crippen molar-refractivity contribution in [2.75, 3.05) is 20.3 Å². The van der Waals surface area contributed by atoms with Crippen molar-refractivity contribution in [1.82, 2.24) is 5.32 Å². The first-order valence-electron chi connectivity index (χ1n) is 3.61. The predicted molar refractivity (Wildman–Crippen MR) is 41.5 cm³/mol. The lowest BCUT2D eigenvalue weighted by molar-refractivity contribution is 0.0730. The van der Waals surface area contributed by atoms with Crippen LogP contribution in [0.15, 0.2) is 0 Å². The fourth-order valence-electron chi connectivity index (χ4n) is 0.541. The second kappa shape index (κ2) is 5.97. The van der Waals surface area contributed by atoms with Crippen molar-refractivity contribution in [3.63, 3.8) is 0 Å². The van der Waals surface area contributed by atoms with Gasteiger partial charge < -0.3 is 14.8 Å². The van der Waals surface area contributed by atoms with Gasteiger partial charge in [0, 0.05) is 12.6 Å². The SMILES string of the molecule is COC(=O)OCCNC(C)C. The molecule has 4 heteroatoms. The van der Waals surface area contributed by atoms with E-state index in [1.165, 1.54) is 7.11 Å². The van der Waals surface area contributed by atoms with Crippen molar-refractivity contribution in [2.24, 2.45) is 0 Å². The first-order valence-corrected chi connectivity index (χ1v) is 3.61. The molecule has 0 aliphatic carbocycles. The topological polar surface area (TPSA) is 47.6 Å². The first-order chi connectivity index (χ1) is 5.16. The Labute approximate surface area is 66.9 Å². The summed E-state index contributed by atoms with van der Waals surface area (Å²) in [6, 6.07) is 0.413. The maximum absolute atomic E-state index is 10.4. The highest BCUT2D eigenvalue weighted by Crippen LogP contribution is 1.81. The Bertz CT molecular complexity index is 114. The molecule has 11 heavy (non-hydrogen) atoms. The zero-order valence-corrected chi connectivity index (χ0v) is 7.22. The number of nitrogens with one attached hydrogen (secondary N) is 1. The van der Waals surface area contributed by atoms with Crippen molar-refractivity contribution >= 4 is 6.16 Å². The lowest BCUT2D eigenvalue weighted by Crippen LogP contribution is -2.27. The molecule has 0 saturated heterocycles. The van der Waals surface area contributed by atoms with Crippen molar-refractivity contribution < 1.29 is 14.3 Å². The van der Waals surface area contributed by atoms with Crippen LogP contribution in [0.5, 0.6) is 0 Å². The summed E-state index contributed by atoms with van der Waals surface area (Å²) < 4.78 is 8.89. The van der Waals surface area contributed by atoms with Gasteiger partial charge >= 0.3 is 6.16 Å². The lowest BCUT2D eigenvalue weighted by Gasteiger charge is -2.07. The van der Waals surface area contributed by atoms with Gasteiger partial charge in [0.05, 0.1) is 7.11 Å². The largest absolute Gasteiger partial charge is 0.508 e. The first kappa shape index (κ1) is 10.2. The Morgan fingerprint density at radius 2 is 2.18 bits per heavy atom. The zero-order valence-electron chi connectivity index (χ0n) is 7.22. The van der Waals surface area contributed by atoms with Gasteiger partial charge in [-0.15, -0.1) is 0 Å². The molecular weight excluding hydrogens is 146 g/mol. The van der Waals surface area contributed by atoms with Gasteiger partial charge in [-0.05, 0) is 0 Å². The van der Waals surface area contributed by atoms with Crippen LogP contribution in [0.3, 0.4) is 0 Å². The van der Waals surface area contributed by atoms with Crippen molar-refractivity contribution in [3.05, 3.63) is 0 Å². The highest BCUT2D eigenvalue weighted by atomic mass is 16.7. The average Bonchev–Trinajstić information content (AvgIpc) is 1.97. The fourth-order valence-corrected chi connectivity index (χ4v) is 0.541. The molecule has 0 aromatic rings. The van der Waals surface area contributed by atoms with E-state index in [2.05, 4.69) is 14.8 Å². The Hall–Kier alpha value is -0.770. The van der Waals surface area contributed by atoms with Gasteiger partial charge in [0.25, 0.3) is 0 Å². The third kappa shape index (κ3) is 7.12. The molecular formula is C7H15NO3. The van der Waals surface area contributed by atoms with Crippen molar-refractivity contribution in [3.8, 4) is 0 Å². The van der Waals surface area contributed by atoms with Gasteiger partial charge in [-0.1, -0.05) is 13.8 Å². The van der Waals surface area contributed by atoms with Crippen LogP contribution in [0, 0.1) is 0 Å². The Morgan fingerprint density at radius 1 is 1.55 bits per heavy atom. The molecule has 0 atom stereocenters. The van der Waals surface area contributed by atoms with E-state index in [0.29, 0.717) is 19.2 Å². The standard InChI is InChI=1S/C7H15NO3/c1-6(2)8-4-5-11-7(9)10-3/h6,8H,4-5H2,1-3H3. The maximum atomic E-state index is 10.4. The lowest BCUT2D eigenvalue weighted by atomic mass is 10.4. The number of rotatable bonds is 4. The van der Waals surface area contributed by atoms with Crippen LogP contribution in [0.2, 0.25) is 0 Å². The molecule has 1 N–H and O–H groups in total. The summed E-state index contributed by atoms with van der Waals surface area (Å²) in [5.41, 5.74) is 0. The van der Waals surface area contributed by atoms with E-state index in [9.17, 15) is 4.79 Å². The van der Waals surface area contributed by atoms with Crippen LogP contribution in [0.4, 0.5) is 4.79 Å². The number of hydrogen-bond donors (Lipinski definition) is 1. The Balaban J connectivity index is 3.08. The molecule has 0 aliphatic rings. The van der Waals surface area contributed by atoms with Gasteiger partial charge in [-0.25, -0.2) is 4.79 Å². The summed E-state index contributed by atoms with van der Waals surface area (Å²) >= 11 is 0. The molecule has 0 aliphatic heterocycles. The van der Waals surface area contributed by atoms with E-state index in [0.717, 1.165) is 0 Å². The third-order valence-corrected chi connectivity index (χ3v) is 1.04. The minimum absolute atomic E-state index is 0.352. The van der Waals surface area contributed by atoms with Gasteiger partial charge in [-0.2, -0.15) is 0 Å². The second-order valence-corrected chi connectivity index (χ2v) is 2.41. The van der Waals surface area contributed by atoms with E-state index in [1.807, 2.05) is 13.8 Å². The normalized spacial score (nSPS) is 9.82. The number of carbonyl (C=O) groups excluding carboxylic acids is 1. The molecule has 4 nitrogen and oxygen atoms in total.